The Morgan fingerprint density at radius 2 is 0.674 bits per heavy atom. The molecule has 3 aromatic rings. The SMILES string of the molecule is Nc1cc2cc3c(C(O)(C(F)(F)F)C(F)(F)F)cc(C(O)(C(F)(F)F)C(F)(F)F)c(N)c3cc2cc1C(O)(C(F)(F)F)C(F)(F)F. The number of anilines is 2. The average Bonchev–Trinajstić information content (AvgIpc) is 2.82. The van der Waals surface area contributed by atoms with Crippen LogP contribution in [0.2, 0.25) is 0 Å². The summed E-state index contributed by atoms with van der Waals surface area (Å²) in [7, 11) is 0. The molecule has 0 saturated carbocycles. The van der Waals surface area contributed by atoms with Gasteiger partial charge in [-0.25, -0.2) is 0 Å². The van der Waals surface area contributed by atoms with E-state index in [1.54, 1.807) is 0 Å². The third-order valence-electron chi connectivity index (χ3n) is 6.94. The minimum Gasteiger partial charge on any atom is -0.398 e. The third kappa shape index (κ3) is 4.96. The largest absolute Gasteiger partial charge is 0.430 e. The lowest BCUT2D eigenvalue weighted by Gasteiger charge is -2.37. The molecular weight excluding hydrogens is 694 g/mol. The lowest BCUT2D eigenvalue weighted by atomic mass is 9.80. The highest BCUT2D eigenvalue weighted by Crippen LogP contribution is 2.58. The van der Waals surface area contributed by atoms with Crippen molar-refractivity contribution in [3.63, 3.8) is 0 Å². The fraction of sp³-hybridized carbons (Fsp3) is 0.391. The van der Waals surface area contributed by atoms with Gasteiger partial charge in [0.05, 0.1) is 0 Å². The molecule has 46 heavy (non-hydrogen) atoms. The minimum atomic E-state index is -7.03. The summed E-state index contributed by atoms with van der Waals surface area (Å²) in [5, 5.41) is 23.6. The van der Waals surface area contributed by atoms with Gasteiger partial charge in [-0.1, -0.05) is 0 Å². The van der Waals surface area contributed by atoms with Gasteiger partial charge in [0.15, 0.2) is 0 Å². The summed E-state index contributed by atoms with van der Waals surface area (Å²) in [6.45, 7) is 0. The van der Waals surface area contributed by atoms with Crippen LogP contribution in [0.1, 0.15) is 16.7 Å². The number of hydrogen-bond donors (Lipinski definition) is 5. The van der Waals surface area contributed by atoms with E-state index in [1.165, 1.54) is 0 Å². The molecule has 0 aromatic heterocycles. The van der Waals surface area contributed by atoms with Crippen molar-refractivity contribution in [2.75, 3.05) is 11.5 Å². The standard InChI is InChI=1S/C23H12F18N2O3/c24-18(25,26)15(44,19(27,28)29)10-5-12(17(46,22(36,37)38)23(39,40)41)14(43)9-2-6-3-11(13(42)4-7(6)1-8(9)10)16(45,20(30,31)32)21(33,34)35/h1-5,44-46H,42-43H2. The average molecular weight is 706 g/mol. The van der Waals surface area contributed by atoms with Gasteiger partial charge in [0.25, 0.3) is 16.8 Å². The summed E-state index contributed by atoms with van der Waals surface area (Å²) in [4.78, 5) is 0. The highest BCUT2D eigenvalue weighted by molar-refractivity contribution is 6.07. The predicted molar refractivity (Wildman–Crippen MR) is 118 cm³/mol. The van der Waals surface area contributed by atoms with Crippen LogP contribution in [0.4, 0.5) is 90.4 Å². The van der Waals surface area contributed by atoms with E-state index in [4.69, 9.17) is 11.5 Å². The van der Waals surface area contributed by atoms with Gasteiger partial charge in [0.1, 0.15) is 0 Å². The molecule has 0 fully saturated rings. The molecule has 0 aliphatic rings. The van der Waals surface area contributed by atoms with Crippen LogP contribution in [-0.4, -0.2) is 52.4 Å². The number of rotatable bonds is 3. The van der Waals surface area contributed by atoms with Crippen molar-refractivity contribution in [1.29, 1.82) is 0 Å². The summed E-state index contributed by atoms with van der Waals surface area (Å²) in [6, 6.07) is -1.71. The zero-order valence-corrected chi connectivity index (χ0v) is 21.2. The normalized spacial score (nSPS) is 15.2. The number of fused-ring (bicyclic) bond motifs is 2. The second-order valence-corrected chi connectivity index (χ2v) is 9.69. The first-order valence-corrected chi connectivity index (χ1v) is 11.3. The van der Waals surface area contributed by atoms with E-state index >= 15 is 0 Å². The molecule has 0 aliphatic heterocycles. The summed E-state index contributed by atoms with van der Waals surface area (Å²) in [6.07, 6.45) is -41.4. The zero-order valence-electron chi connectivity index (χ0n) is 21.2. The van der Waals surface area contributed by atoms with Crippen molar-refractivity contribution in [2.45, 2.75) is 53.9 Å². The van der Waals surface area contributed by atoms with E-state index in [-0.39, 0.29) is 24.3 Å². The maximum Gasteiger partial charge on any atom is 0.430 e. The predicted octanol–water partition coefficient (Wildman–Crippen LogP) is 7.09. The Morgan fingerprint density at radius 3 is 1.04 bits per heavy atom. The van der Waals surface area contributed by atoms with Crippen molar-refractivity contribution < 1.29 is 94.3 Å². The van der Waals surface area contributed by atoms with Crippen LogP contribution in [-0.2, 0) is 16.8 Å². The Labute approximate surface area is 240 Å². The monoisotopic (exact) mass is 706 g/mol. The van der Waals surface area contributed by atoms with Crippen LogP contribution in [0, 0.1) is 0 Å². The van der Waals surface area contributed by atoms with Crippen LogP contribution >= 0.6 is 0 Å². The first kappa shape index (κ1) is 36.9. The molecule has 0 bridgehead atoms. The van der Waals surface area contributed by atoms with Crippen molar-refractivity contribution in [3.05, 3.63) is 47.0 Å². The van der Waals surface area contributed by atoms with Crippen molar-refractivity contribution in [1.82, 2.24) is 0 Å². The molecular formula is C23H12F18N2O3. The Bertz CT molecular complexity index is 1640. The van der Waals surface area contributed by atoms with Gasteiger partial charge >= 0.3 is 37.1 Å². The molecule has 0 heterocycles. The van der Waals surface area contributed by atoms with E-state index in [2.05, 4.69) is 0 Å². The van der Waals surface area contributed by atoms with E-state index < -0.39 is 110 Å². The van der Waals surface area contributed by atoms with Gasteiger partial charge < -0.3 is 26.8 Å². The number of alkyl halides is 18. The van der Waals surface area contributed by atoms with Gasteiger partial charge in [-0.05, 0) is 46.5 Å². The van der Waals surface area contributed by atoms with Crippen LogP contribution in [0.5, 0.6) is 0 Å². The van der Waals surface area contributed by atoms with Crippen LogP contribution < -0.4 is 11.5 Å². The van der Waals surface area contributed by atoms with Gasteiger partial charge in [0, 0.05) is 33.5 Å². The Kier molecular flexibility index (Phi) is 7.98. The Balaban J connectivity index is 2.75. The minimum absolute atomic E-state index is 0.0163. The zero-order chi connectivity index (χ0) is 36.2. The van der Waals surface area contributed by atoms with Crippen LogP contribution in [0.3, 0.4) is 0 Å². The number of nitrogens with two attached hydrogens (primary N) is 2. The topological polar surface area (TPSA) is 113 Å². The van der Waals surface area contributed by atoms with Crippen molar-refractivity contribution in [2.24, 2.45) is 0 Å². The maximum atomic E-state index is 13.8. The molecule has 0 spiro atoms. The van der Waals surface area contributed by atoms with E-state index in [0.717, 1.165) is 0 Å². The van der Waals surface area contributed by atoms with E-state index in [9.17, 15) is 94.3 Å². The smallest absolute Gasteiger partial charge is 0.398 e. The fourth-order valence-corrected chi connectivity index (χ4v) is 4.57. The molecule has 0 aliphatic carbocycles. The first-order chi connectivity index (χ1) is 20.1. The molecule has 7 N–H and O–H groups in total. The number of halogens is 18. The van der Waals surface area contributed by atoms with Gasteiger partial charge in [0.2, 0.25) is 0 Å². The van der Waals surface area contributed by atoms with Crippen LogP contribution in [0.25, 0.3) is 21.5 Å². The van der Waals surface area contributed by atoms with Crippen LogP contribution in [0.15, 0.2) is 30.3 Å². The molecule has 0 unspecified atom stereocenters. The lowest BCUT2D eigenvalue weighted by molar-refractivity contribution is -0.378. The van der Waals surface area contributed by atoms with E-state index in [1.807, 2.05) is 0 Å². The highest BCUT2D eigenvalue weighted by atomic mass is 19.4. The quantitative estimate of drug-likeness (QED) is 0.114. The number of aliphatic hydroxyl groups is 3. The molecule has 0 atom stereocenters. The third-order valence-corrected chi connectivity index (χ3v) is 6.94. The molecule has 258 valence electrons. The Hall–Kier alpha value is -3.60. The molecule has 3 rings (SSSR count). The molecule has 0 amide bonds. The van der Waals surface area contributed by atoms with Crippen molar-refractivity contribution >= 4 is 32.9 Å². The molecule has 0 radical (unpaired) electrons. The highest BCUT2D eigenvalue weighted by Gasteiger charge is 2.75. The molecule has 5 nitrogen and oxygen atoms in total. The summed E-state index contributed by atoms with van der Waals surface area (Å²) >= 11 is 0. The van der Waals surface area contributed by atoms with Gasteiger partial charge in [-0.15, -0.1) is 0 Å². The second-order valence-electron chi connectivity index (χ2n) is 9.69. The number of nitrogen functional groups attached to an aromatic ring is 2. The number of hydrogen-bond acceptors (Lipinski definition) is 5. The van der Waals surface area contributed by atoms with Crippen molar-refractivity contribution in [3.8, 4) is 0 Å². The molecule has 23 heteroatoms. The molecule has 0 saturated heterocycles. The first-order valence-electron chi connectivity index (χ1n) is 11.3. The second kappa shape index (κ2) is 9.95. The Morgan fingerprint density at radius 1 is 0.370 bits per heavy atom. The van der Waals surface area contributed by atoms with E-state index in [0.29, 0.717) is 0 Å². The maximum absolute atomic E-state index is 13.8. The fourth-order valence-electron chi connectivity index (χ4n) is 4.57. The number of benzene rings is 3. The molecule has 3 aromatic carbocycles. The summed E-state index contributed by atoms with van der Waals surface area (Å²) in [5.41, 5.74) is -20.1. The van der Waals surface area contributed by atoms with Gasteiger partial charge in [-0.3, -0.25) is 0 Å². The van der Waals surface area contributed by atoms with Gasteiger partial charge in [-0.2, -0.15) is 79.0 Å². The summed E-state index contributed by atoms with van der Waals surface area (Å²) in [5.74, 6) is 0. The summed E-state index contributed by atoms with van der Waals surface area (Å²) < 4.78 is 246. The lowest BCUT2D eigenvalue weighted by Crippen LogP contribution is -2.56.